The fourth-order valence-electron chi connectivity index (χ4n) is 4.09. The monoisotopic (exact) mass is 493 g/mol. The molecule has 8 heteroatoms. The minimum absolute atomic E-state index is 0.0343. The van der Waals surface area contributed by atoms with E-state index in [9.17, 15) is 9.59 Å². The average molecular weight is 494 g/mol. The second-order valence-electron chi connectivity index (χ2n) is 8.49. The molecule has 1 aliphatic carbocycles. The van der Waals surface area contributed by atoms with Gasteiger partial charge >= 0.3 is 5.97 Å². The van der Waals surface area contributed by atoms with Gasteiger partial charge in [0.05, 0.1) is 23.7 Å². The summed E-state index contributed by atoms with van der Waals surface area (Å²) in [6.45, 7) is 1.97. The van der Waals surface area contributed by atoms with E-state index < -0.39 is 12.0 Å². The number of allylic oxidation sites excluding steroid dienone is 1. The number of ether oxygens (including phenoxy) is 1. The maximum atomic E-state index is 13.4. The molecule has 2 aliphatic heterocycles. The first kappa shape index (κ1) is 22.7. The van der Waals surface area contributed by atoms with Crippen molar-refractivity contribution in [2.75, 3.05) is 0 Å². The van der Waals surface area contributed by atoms with E-state index in [1.165, 1.54) is 11.8 Å². The summed E-state index contributed by atoms with van der Waals surface area (Å²) in [5.74, 6) is -0.485. The van der Waals surface area contributed by atoms with Crippen LogP contribution in [0.15, 0.2) is 82.0 Å². The van der Waals surface area contributed by atoms with Gasteiger partial charge in [0.2, 0.25) is 5.91 Å². The summed E-state index contributed by atoms with van der Waals surface area (Å²) >= 11 is 8.07. The Hall–Kier alpha value is -3.03. The van der Waals surface area contributed by atoms with Gasteiger partial charge in [-0.1, -0.05) is 71.9 Å². The maximum absolute atomic E-state index is 13.4. The first-order valence-electron chi connectivity index (χ1n) is 11.2. The van der Waals surface area contributed by atoms with Crippen molar-refractivity contribution < 1.29 is 14.3 Å². The molecule has 0 bridgehead atoms. The van der Waals surface area contributed by atoms with E-state index in [4.69, 9.17) is 21.3 Å². The van der Waals surface area contributed by atoms with Gasteiger partial charge in [-0.05, 0) is 42.4 Å². The average Bonchev–Trinajstić information content (AvgIpc) is 3.56. The minimum atomic E-state index is -0.542. The Balaban J connectivity index is 1.47. The van der Waals surface area contributed by atoms with E-state index in [2.05, 4.69) is 5.32 Å². The molecule has 0 aromatic heterocycles. The van der Waals surface area contributed by atoms with Crippen molar-refractivity contribution >= 4 is 40.4 Å². The highest BCUT2D eigenvalue weighted by Gasteiger charge is 2.42. The van der Waals surface area contributed by atoms with E-state index in [-0.39, 0.29) is 25.0 Å². The van der Waals surface area contributed by atoms with E-state index in [1.807, 2.05) is 65.8 Å². The van der Waals surface area contributed by atoms with Crippen LogP contribution in [0.2, 0.25) is 5.02 Å². The van der Waals surface area contributed by atoms with Gasteiger partial charge < -0.3 is 15.0 Å². The van der Waals surface area contributed by atoms with Crippen molar-refractivity contribution in [1.82, 2.24) is 10.2 Å². The van der Waals surface area contributed by atoms with E-state index in [1.54, 1.807) is 6.07 Å². The lowest BCUT2D eigenvalue weighted by Crippen LogP contribution is -2.38. The van der Waals surface area contributed by atoms with Crippen molar-refractivity contribution in [2.24, 2.45) is 4.99 Å². The largest absolute Gasteiger partial charge is 0.457 e. The third-order valence-corrected chi connectivity index (χ3v) is 7.15. The number of amides is 1. The van der Waals surface area contributed by atoms with Crippen LogP contribution < -0.4 is 5.32 Å². The molecular weight excluding hydrogens is 470 g/mol. The van der Waals surface area contributed by atoms with Gasteiger partial charge in [0.25, 0.3) is 0 Å². The first-order chi connectivity index (χ1) is 16.5. The molecule has 2 aromatic carbocycles. The van der Waals surface area contributed by atoms with Crippen LogP contribution in [0.5, 0.6) is 0 Å². The van der Waals surface area contributed by atoms with Gasteiger partial charge in [-0.3, -0.25) is 4.79 Å². The van der Waals surface area contributed by atoms with Crippen LogP contribution in [-0.2, 0) is 20.9 Å². The van der Waals surface area contributed by atoms with Gasteiger partial charge in [0.1, 0.15) is 6.61 Å². The summed E-state index contributed by atoms with van der Waals surface area (Å²) in [7, 11) is 0. The zero-order chi connectivity index (χ0) is 23.7. The third kappa shape index (κ3) is 4.76. The predicted molar refractivity (Wildman–Crippen MR) is 134 cm³/mol. The number of carbonyl (C=O) groups excluding carboxylic acids is 2. The SMILES string of the molecule is CC1=C(C(=O)OCc2ccccc2)[C@H](c2ccccc2Cl)N2C(CC(=O)NC3CC3)=CSC2=N1. The summed E-state index contributed by atoms with van der Waals surface area (Å²) in [6, 6.07) is 16.7. The number of benzene rings is 2. The smallest absolute Gasteiger partial charge is 0.338 e. The summed E-state index contributed by atoms with van der Waals surface area (Å²) in [4.78, 5) is 32.7. The maximum Gasteiger partial charge on any atom is 0.338 e. The molecule has 1 atom stereocenters. The third-order valence-electron chi connectivity index (χ3n) is 5.92. The number of nitrogens with one attached hydrogen (secondary N) is 1. The lowest BCUT2D eigenvalue weighted by molar-refractivity contribution is -0.141. The lowest BCUT2D eigenvalue weighted by Gasteiger charge is -2.36. The number of hydrogen-bond acceptors (Lipinski definition) is 6. The fraction of sp³-hybridized carbons (Fsp3) is 0.269. The number of hydrogen-bond donors (Lipinski definition) is 1. The molecule has 1 fully saturated rings. The van der Waals surface area contributed by atoms with Crippen LogP contribution in [0, 0.1) is 0 Å². The highest BCUT2D eigenvalue weighted by molar-refractivity contribution is 8.16. The van der Waals surface area contributed by atoms with Gasteiger partial charge in [0, 0.05) is 16.8 Å². The van der Waals surface area contributed by atoms with Crippen LogP contribution in [0.4, 0.5) is 0 Å². The predicted octanol–water partition coefficient (Wildman–Crippen LogP) is 5.33. The number of rotatable bonds is 7. The van der Waals surface area contributed by atoms with Crippen LogP contribution in [0.3, 0.4) is 0 Å². The molecule has 1 N–H and O–H groups in total. The fourth-order valence-corrected chi connectivity index (χ4v) is 5.30. The van der Waals surface area contributed by atoms with Crippen molar-refractivity contribution in [3.63, 3.8) is 0 Å². The first-order valence-corrected chi connectivity index (χ1v) is 12.5. The normalized spacial score (nSPS) is 19.4. The molecule has 0 radical (unpaired) electrons. The molecular formula is C26H24ClN3O3S. The molecule has 0 saturated heterocycles. The van der Waals surface area contributed by atoms with Crippen LogP contribution in [0.1, 0.15) is 43.4 Å². The zero-order valence-corrected chi connectivity index (χ0v) is 20.2. The number of nitrogens with zero attached hydrogens (tertiary/aromatic N) is 2. The van der Waals surface area contributed by atoms with E-state index in [0.29, 0.717) is 16.3 Å². The van der Waals surface area contributed by atoms with Crippen LogP contribution in [-0.4, -0.2) is 28.0 Å². The summed E-state index contributed by atoms with van der Waals surface area (Å²) in [5, 5.41) is 6.22. The quantitative estimate of drug-likeness (QED) is 0.528. The summed E-state index contributed by atoms with van der Waals surface area (Å²) < 4.78 is 5.71. The molecule has 2 heterocycles. The lowest BCUT2D eigenvalue weighted by atomic mass is 9.93. The molecule has 0 spiro atoms. The highest BCUT2D eigenvalue weighted by atomic mass is 35.5. The van der Waals surface area contributed by atoms with Gasteiger partial charge in [-0.15, -0.1) is 0 Å². The van der Waals surface area contributed by atoms with E-state index >= 15 is 0 Å². The standard InChI is InChI=1S/C26H24ClN3O3S/c1-16-23(25(32)33-14-17-7-3-2-4-8-17)24(20-9-5-6-10-21(20)27)30-19(15-34-26(30)28-16)13-22(31)29-18-11-12-18/h2-10,15,18,24H,11-14H2,1H3,(H,29,31)/t24-/m0/s1. The van der Waals surface area contributed by atoms with Gasteiger partial charge in [-0.25, -0.2) is 9.79 Å². The second-order valence-corrected chi connectivity index (χ2v) is 9.74. The molecule has 174 valence electrons. The van der Waals surface area contributed by atoms with Crippen molar-refractivity contribution in [1.29, 1.82) is 0 Å². The minimum Gasteiger partial charge on any atom is -0.457 e. The van der Waals surface area contributed by atoms with E-state index in [0.717, 1.165) is 34.8 Å². The Morgan fingerprint density at radius 2 is 1.88 bits per heavy atom. The Morgan fingerprint density at radius 3 is 2.62 bits per heavy atom. The molecule has 3 aliphatic rings. The Labute approximate surface area is 207 Å². The zero-order valence-electron chi connectivity index (χ0n) is 18.7. The number of amidine groups is 1. The highest BCUT2D eigenvalue weighted by Crippen LogP contribution is 2.46. The number of fused-ring (bicyclic) bond motifs is 1. The van der Waals surface area contributed by atoms with Crippen molar-refractivity contribution in [3.8, 4) is 0 Å². The van der Waals surface area contributed by atoms with Gasteiger partial charge in [-0.2, -0.15) is 0 Å². The Kier molecular flexibility index (Phi) is 6.48. The molecule has 2 aromatic rings. The summed E-state index contributed by atoms with van der Waals surface area (Å²) in [6.07, 6.45) is 2.25. The van der Waals surface area contributed by atoms with Gasteiger partial charge in [0.15, 0.2) is 5.17 Å². The van der Waals surface area contributed by atoms with Crippen LogP contribution >= 0.6 is 23.4 Å². The van der Waals surface area contributed by atoms with Crippen molar-refractivity contribution in [2.45, 2.75) is 44.9 Å². The Morgan fingerprint density at radius 1 is 1.15 bits per heavy atom. The molecule has 34 heavy (non-hydrogen) atoms. The number of carbonyl (C=O) groups is 2. The molecule has 1 saturated carbocycles. The Bertz CT molecular complexity index is 1220. The number of thioether (sulfide) groups is 1. The number of esters is 1. The van der Waals surface area contributed by atoms with Crippen molar-refractivity contribution in [3.05, 3.63) is 93.1 Å². The molecule has 1 amide bonds. The molecule has 0 unspecified atom stereocenters. The molecule has 5 rings (SSSR count). The number of halogens is 1. The van der Waals surface area contributed by atoms with Crippen LogP contribution in [0.25, 0.3) is 0 Å². The summed E-state index contributed by atoms with van der Waals surface area (Å²) in [5.41, 5.74) is 3.45. The molecule has 6 nitrogen and oxygen atoms in total. The second kappa shape index (κ2) is 9.68. The number of aliphatic imine (C=N–C) groups is 1. The topological polar surface area (TPSA) is 71.0 Å².